The lowest BCUT2D eigenvalue weighted by Gasteiger charge is -1.79. The summed E-state index contributed by atoms with van der Waals surface area (Å²) in [4.78, 5) is 12.8. The van der Waals surface area contributed by atoms with Gasteiger partial charge in [-0.2, -0.15) is 0 Å². The van der Waals surface area contributed by atoms with E-state index in [1.165, 1.54) is 0 Å². The molecule has 0 saturated carbocycles. The predicted molar refractivity (Wildman–Crippen MR) is 68.6 cm³/mol. The van der Waals surface area contributed by atoms with Gasteiger partial charge in [0.2, 0.25) is 0 Å². The van der Waals surface area contributed by atoms with Crippen LogP contribution >= 0.6 is 0 Å². The van der Waals surface area contributed by atoms with E-state index in [0.29, 0.717) is 0 Å². The van der Waals surface area contributed by atoms with E-state index in [4.69, 9.17) is 9.90 Å². The first-order chi connectivity index (χ1) is 8.70. The normalized spacial score (nSPS) is 11.8. The van der Waals surface area contributed by atoms with Crippen LogP contribution in [0.15, 0.2) is 29.3 Å². The van der Waals surface area contributed by atoms with Crippen LogP contribution in [0.5, 0.6) is 0 Å². The summed E-state index contributed by atoms with van der Waals surface area (Å²) in [5, 5.41) is 20.5. The van der Waals surface area contributed by atoms with Crippen LogP contribution in [0.3, 0.4) is 0 Å². The average Bonchev–Trinajstić information content (AvgIpc) is 3.03. The van der Waals surface area contributed by atoms with E-state index in [1.54, 1.807) is 6.34 Å². The molecule has 3 rings (SSSR count). The number of hydrogen-bond acceptors (Lipinski definition) is 5. The fraction of sp³-hybridized carbons (Fsp3) is 0.273. The first-order valence-electron chi connectivity index (χ1n) is 5.37. The summed E-state index contributed by atoms with van der Waals surface area (Å²) in [5.41, 5.74) is 1.90. The van der Waals surface area contributed by atoms with Crippen LogP contribution in [0, 0.1) is 0 Å². The summed E-state index contributed by atoms with van der Waals surface area (Å²) in [5.74, 6) is -0.833. The van der Waals surface area contributed by atoms with E-state index < -0.39 is 5.97 Å². The van der Waals surface area contributed by atoms with Crippen LogP contribution in [0.1, 0.15) is 6.92 Å². The van der Waals surface area contributed by atoms with Crippen molar-refractivity contribution in [3.05, 3.63) is 24.3 Å². The van der Waals surface area contributed by atoms with Gasteiger partial charge < -0.3 is 10.4 Å². The van der Waals surface area contributed by atoms with E-state index in [9.17, 15) is 0 Å². The molecule has 7 heteroatoms. The van der Waals surface area contributed by atoms with Crippen LogP contribution in [-0.2, 0) is 4.79 Å². The highest BCUT2D eigenvalue weighted by atomic mass is 16.4. The van der Waals surface area contributed by atoms with Crippen molar-refractivity contribution in [3.63, 3.8) is 0 Å². The Morgan fingerprint density at radius 1 is 1.39 bits per heavy atom. The van der Waals surface area contributed by atoms with Gasteiger partial charge >= 0.3 is 0 Å². The van der Waals surface area contributed by atoms with Gasteiger partial charge in [-0.3, -0.25) is 14.9 Å². The van der Waals surface area contributed by atoms with Crippen LogP contribution in [0.25, 0.3) is 11.0 Å². The number of nitrogens with zero attached hydrogens (tertiary/aromatic N) is 3. The molecule has 0 fully saturated rings. The number of hydrogen-bond donors (Lipinski definition) is 3. The van der Waals surface area contributed by atoms with Gasteiger partial charge in [-0.25, -0.2) is 0 Å². The molecule has 0 saturated heterocycles. The Morgan fingerprint density at radius 3 is 2.61 bits per heavy atom. The van der Waals surface area contributed by atoms with E-state index in [-0.39, 0.29) is 0 Å². The Balaban J connectivity index is 0.000000154. The molecule has 0 unspecified atom stereocenters. The lowest BCUT2D eigenvalue weighted by molar-refractivity contribution is -0.134. The van der Waals surface area contributed by atoms with Crippen molar-refractivity contribution in [3.8, 4) is 0 Å². The molecule has 2 heterocycles. The van der Waals surface area contributed by atoms with E-state index >= 15 is 0 Å². The maximum absolute atomic E-state index is 9.00. The number of fused-ring (bicyclic) bond motifs is 1. The van der Waals surface area contributed by atoms with Crippen LogP contribution in [-0.4, -0.2) is 45.9 Å². The summed E-state index contributed by atoms with van der Waals surface area (Å²) in [6.07, 6.45) is 1.74. The molecule has 0 atom stereocenters. The van der Waals surface area contributed by atoms with Gasteiger partial charge in [-0.15, -0.1) is 5.10 Å². The molecule has 0 amide bonds. The van der Waals surface area contributed by atoms with Gasteiger partial charge in [-0.05, 0) is 12.1 Å². The SMILES string of the molecule is C1=NCCN1.CC(=O)O.c1ccc2[nH]nnc2c1. The van der Waals surface area contributed by atoms with E-state index in [2.05, 4.69) is 25.7 Å². The number of aliphatic imine (C=N–C) groups is 1. The summed E-state index contributed by atoms with van der Waals surface area (Å²) in [7, 11) is 0. The topological polar surface area (TPSA) is 103 Å². The Hall–Kier alpha value is -2.44. The first-order valence-corrected chi connectivity index (χ1v) is 5.37. The smallest absolute Gasteiger partial charge is 0.300 e. The lowest BCUT2D eigenvalue weighted by Crippen LogP contribution is -2.04. The van der Waals surface area contributed by atoms with Crippen molar-refractivity contribution in [1.82, 2.24) is 20.7 Å². The molecule has 0 spiro atoms. The highest BCUT2D eigenvalue weighted by Crippen LogP contribution is 2.03. The summed E-state index contributed by atoms with van der Waals surface area (Å²) >= 11 is 0. The molecule has 1 aromatic heterocycles. The van der Waals surface area contributed by atoms with E-state index in [0.717, 1.165) is 31.0 Å². The second-order valence-electron chi connectivity index (χ2n) is 3.34. The number of benzene rings is 1. The standard InChI is InChI=1S/C6H5N3.C3H6N2.C2H4O2/c1-2-4-6-5(3-1)7-9-8-6;1-2-5-3-4-1;1-2(3)4/h1-4H,(H,7,8,9);3H,1-2H2,(H,4,5);1H3,(H,3,4). The minimum Gasteiger partial charge on any atom is -0.481 e. The second-order valence-corrected chi connectivity index (χ2v) is 3.34. The van der Waals surface area contributed by atoms with Crippen LogP contribution < -0.4 is 5.32 Å². The molecule has 0 radical (unpaired) electrons. The third kappa shape index (κ3) is 5.59. The van der Waals surface area contributed by atoms with Gasteiger partial charge in [0, 0.05) is 13.5 Å². The van der Waals surface area contributed by atoms with Crippen molar-refractivity contribution >= 4 is 23.3 Å². The van der Waals surface area contributed by atoms with Crippen molar-refractivity contribution in [2.75, 3.05) is 13.1 Å². The number of H-pyrrole nitrogens is 1. The Morgan fingerprint density at radius 2 is 2.11 bits per heavy atom. The molecule has 96 valence electrons. The van der Waals surface area contributed by atoms with Gasteiger partial charge in [0.05, 0.1) is 18.4 Å². The Labute approximate surface area is 104 Å². The third-order valence-corrected chi connectivity index (χ3v) is 1.80. The van der Waals surface area contributed by atoms with E-state index in [1.807, 2.05) is 24.3 Å². The van der Waals surface area contributed by atoms with Crippen molar-refractivity contribution in [1.29, 1.82) is 0 Å². The second kappa shape index (κ2) is 7.77. The zero-order chi connectivity index (χ0) is 13.2. The molecular formula is C11H15N5O2. The Kier molecular flexibility index (Phi) is 5.88. The maximum Gasteiger partial charge on any atom is 0.300 e. The molecule has 1 aliphatic rings. The van der Waals surface area contributed by atoms with Gasteiger partial charge in [0.15, 0.2) is 0 Å². The monoisotopic (exact) mass is 249 g/mol. The van der Waals surface area contributed by atoms with Crippen LogP contribution in [0.4, 0.5) is 0 Å². The molecule has 1 aliphatic heterocycles. The summed E-state index contributed by atoms with van der Waals surface area (Å²) < 4.78 is 0. The molecule has 3 N–H and O–H groups in total. The number of para-hydroxylation sites is 1. The summed E-state index contributed by atoms with van der Waals surface area (Å²) in [6.45, 7) is 3.07. The van der Waals surface area contributed by atoms with Crippen molar-refractivity contribution < 1.29 is 9.90 Å². The number of nitrogens with one attached hydrogen (secondary N) is 2. The van der Waals surface area contributed by atoms with Crippen LogP contribution in [0.2, 0.25) is 0 Å². The number of carboxylic acids is 1. The molecule has 18 heavy (non-hydrogen) atoms. The zero-order valence-electron chi connectivity index (χ0n) is 10.00. The first kappa shape index (κ1) is 13.6. The third-order valence-electron chi connectivity index (χ3n) is 1.80. The summed E-state index contributed by atoms with van der Waals surface area (Å²) in [6, 6.07) is 7.74. The van der Waals surface area contributed by atoms with Crippen molar-refractivity contribution in [2.45, 2.75) is 6.92 Å². The molecule has 7 nitrogen and oxygen atoms in total. The molecule has 2 aromatic rings. The van der Waals surface area contributed by atoms with Crippen molar-refractivity contribution in [2.24, 2.45) is 4.99 Å². The Bertz CT molecular complexity index is 469. The fourth-order valence-corrected chi connectivity index (χ4v) is 1.11. The zero-order valence-corrected chi connectivity index (χ0v) is 10.00. The lowest BCUT2D eigenvalue weighted by atomic mass is 10.3. The molecular weight excluding hydrogens is 234 g/mol. The highest BCUT2D eigenvalue weighted by molar-refractivity contribution is 5.72. The number of carbonyl (C=O) groups is 1. The molecule has 0 aliphatic carbocycles. The molecule has 0 bridgehead atoms. The minimum atomic E-state index is -0.833. The maximum atomic E-state index is 9.00. The van der Waals surface area contributed by atoms with Gasteiger partial charge in [0.1, 0.15) is 5.52 Å². The molecule has 1 aromatic carbocycles. The van der Waals surface area contributed by atoms with Gasteiger partial charge in [0.25, 0.3) is 5.97 Å². The predicted octanol–water partition coefficient (Wildman–Crippen LogP) is 0.667. The fourth-order valence-electron chi connectivity index (χ4n) is 1.11. The number of aromatic nitrogens is 3. The largest absolute Gasteiger partial charge is 0.481 e. The van der Waals surface area contributed by atoms with Gasteiger partial charge in [-0.1, -0.05) is 17.3 Å². The highest BCUT2D eigenvalue weighted by Gasteiger charge is 1.90. The number of aliphatic carboxylic acids is 1. The average molecular weight is 249 g/mol. The minimum absolute atomic E-state index is 0.833. The number of carboxylic acid groups (broad SMARTS) is 1. The number of aromatic amines is 1. The quantitative estimate of drug-likeness (QED) is 0.636. The number of rotatable bonds is 0.